The van der Waals surface area contributed by atoms with Gasteiger partial charge in [0.1, 0.15) is 12.4 Å². The maximum Gasteiger partial charge on any atom is 0.119 e. The normalized spacial score (nSPS) is 10.9. The average Bonchev–Trinajstić information content (AvgIpc) is 2.34. The minimum atomic E-state index is 0.636. The fraction of sp³-hybridized carbons (Fsp3) is 0.429. The van der Waals surface area contributed by atoms with Crippen molar-refractivity contribution in [1.29, 1.82) is 0 Å². The van der Waals surface area contributed by atoms with Crippen molar-refractivity contribution in [3.8, 4) is 5.75 Å². The van der Waals surface area contributed by atoms with Gasteiger partial charge in [0.15, 0.2) is 0 Å². The minimum Gasteiger partial charge on any atom is -0.490 e. The monoisotopic (exact) mass is 219 g/mol. The van der Waals surface area contributed by atoms with E-state index >= 15 is 0 Å². The predicted octanol–water partition coefficient (Wildman–Crippen LogP) is 2.79. The van der Waals surface area contributed by atoms with Crippen molar-refractivity contribution in [3.05, 3.63) is 42.0 Å². The molecule has 2 nitrogen and oxygen atoms in total. The van der Waals surface area contributed by atoms with Gasteiger partial charge in [0.25, 0.3) is 0 Å². The molecule has 0 unspecified atom stereocenters. The molecule has 16 heavy (non-hydrogen) atoms. The quantitative estimate of drug-likeness (QED) is 0.562. The summed E-state index contributed by atoms with van der Waals surface area (Å²) in [5.41, 5.74) is 1.34. The highest BCUT2D eigenvalue weighted by Gasteiger charge is 1.91. The smallest absolute Gasteiger partial charge is 0.119 e. The average molecular weight is 219 g/mol. The number of likely N-dealkylation sites (N-methyl/N-ethyl adjacent to an activating group) is 1. The SMILES string of the molecule is CCNC/C=C/COc1ccc(CC)cc1. The molecule has 0 heterocycles. The number of nitrogens with one attached hydrogen (secondary N) is 1. The second-order valence-electron chi connectivity index (χ2n) is 3.59. The Bertz CT molecular complexity index is 303. The van der Waals surface area contributed by atoms with Crippen LogP contribution in [0, 0.1) is 0 Å². The Labute approximate surface area is 98.3 Å². The molecule has 0 aliphatic carbocycles. The van der Waals surface area contributed by atoms with E-state index in [0.29, 0.717) is 6.61 Å². The lowest BCUT2D eigenvalue weighted by atomic mass is 10.2. The molecule has 0 saturated heterocycles. The van der Waals surface area contributed by atoms with E-state index in [9.17, 15) is 0 Å². The summed E-state index contributed by atoms with van der Waals surface area (Å²) < 4.78 is 5.57. The largest absolute Gasteiger partial charge is 0.490 e. The third-order valence-electron chi connectivity index (χ3n) is 2.36. The number of aryl methyl sites for hydroxylation is 1. The van der Waals surface area contributed by atoms with Crippen LogP contribution in [0.4, 0.5) is 0 Å². The van der Waals surface area contributed by atoms with Crippen molar-refractivity contribution in [1.82, 2.24) is 5.32 Å². The van der Waals surface area contributed by atoms with Crippen LogP contribution < -0.4 is 10.1 Å². The Kier molecular flexibility index (Phi) is 6.35. The van der Waals surface area contributed by atoms with Crippen LogP contribution in [-0.4, -0.2) is 19.7 Å². The molecule has 0 fully saturated rings. The Morgan fingerprint density at radius 3 is 2.50 bits per heavy atom. The van der Waals surface area contributed by atoms with Gasteiger partial charge in [0, 0.05) is 6.54 Å². The summed E-state index contributed by atoms with van der Waals surface area (Å²) in [6.45, 7) is 6.80. The fourth-order valence-corrected chi connectivity index (χ4v) is 1.34. The Morgan fingerprint density at radius 2 is 1.88 bits per heavy atom. The van der Waals surface area contributed by atoms with Crippen molar-refractivity contribution >= 4 is 0 Å². The van der Waals surface area contributed by atoms with Crippen molar-refractivity contribution < 1.29 is 4.74 Å². The molecule has 0 radical (unpaired) electrons. The summed E-state index contributed by atoms with van der Waals surface area (Å²) in [6.07, 6.45) is 5.20. The van der Waals surface area contributed by atoms with Crippen LogP contribution in [0.25, 0.3) is 0 Å². The first kappa shape index (κ1) is 12.8. The lowest BCUT2D eigenvalue weighted by Gasteiger charge is -2.03. The van der Waals surface area contributed by atoms with Gasteiger partial charge in [-0.15, -0.1) is 0 Å². The molecule has 0 aliphatic rings. The van der Waals surface area contributed by atoms with Crippen molar-refractivity contribution in [2.75, 3.05) is 19.7 Å². The Morgan fingerprint density at radius 1 is 1.12 bits per heavy atom. The molecule has 0 atom stereocenters. The summed E-state index contributed by atoms with van der Waals surface area (Å²) in [6, 6.07) is 8.27. The summed E-state index contributed by atoms with van der Waals surface area (Å²) in [5.74, 6) is 0.935. The van der Waals surface area contributed by atoms with Crippen molar-refractivity contribution in [2.24, 2.45) is 0 Å². The molecule has 88 valence electrons. The van der Waals surface area contributed by atoms with E-state index in [2.05, 4.69) is 37.4 Å². The van der Waals surface area contributed by atoms with E-state index < -0.39 is 0 Å². The van der Waals surface area contributed by atoms with Crippen molar-refractivity contribution in [3.63, 3.8) is 0 Å². The van der Waals surface area contributed by atoms with Gasteiger partial charge >= 0.3 is 0 Å². The molecule has 0 saturated carbocycles. The Hall–Kier alpha value is -1.28. The van der Waals surface area contributed by atoms with Gasteiger partial charge in [-0.05, 0) is 30.7 Å². The third kappa shape index (κ3) is 4.99. The number of rotatable bonds is 7. The molecule has 1 rings (SSSR count). The molecule has 0 bridgehead atoms. The highest BCUT2D eigenvalue weighted by atomic mass is 16.5. The van der Waals surface area contributed by atoms with Gasteiger partial charge in [-0.3, -0.25) is 0 Å². The van der Waals surface area contributed by atoms with E-state index in [0.717, 1.165) is 25.3 Å². The standard InChI is InChI=1S/C14H21NO/c1-3-13-7-9-14(10-8-13)16-12-6-5-11-15-4-2/h5-10,15H,3-4,11-12H2,1-2H3/b6-5+. The lowest BCUT2D eigenvalue weighted by molar-refractivity contribution is 0.362. The highest BCUT2D eigenvalue weighted by Crippen LogP contribution is 2.12. The summed E-state index contributed by atoms with van der Waals surface area (Å²) >= 11 is 0. The maximum absolute atomic E-state index is 5.57. The molecule has 0 amide bonds. The van der Waals surface area contributed by atoms with Gasteiger partial charge in [-0.2, -0.15) is 0 Å². The molecular formula is C14H21NO. The summed E-state index contributed by atoms with van der Waals surface area (Å²) in [4.78, 5) is 0. The molecule has 1 aromatic carbocycles. The maximum atomic E-state index is 5.57. The summed E-state index contributed by atoms with van der Waals surface area (Å²) in [5, 5.41) is 3.22. The van der Waals surface area contributed by atoms with Gasteiger partial charge in [0.05, 0.1) is 0 Å². The third-order valence-corrected chi connectivity index (χ3v) is 2.36. The number of hydrogen-bond acceptors (Lipinski definition) is 2. The zero-order valence-electron chi connectivity index (χ0n) is 10.2. The number of hydrogen-bond donors (Lipinski definition) is 1. The van der Waals surface area contributed by atoms with Crippen LogP contribution in [0.1, 0.15) is 19.4 Å². The first-order valence-corrected chi connectivity index (χ1v) is 5.94. The van der Waals surface area contributed by atoms with Crippen LogP contribution in [0.15, 0.2) is 36.4 Å². The van der Waals surface area contributed by atoms with Crippen LogP contribution in [0.5, 0.6) is 5.75 Å². The number of ether oxygens (including phenoxy) is 1. The van der Waals surface area contributed by atoms with Gasteiger partial charge in [-0.25, -0.2) is 0 Å². The van der Waals surface area contributed by atoms with Crippen LogP contribution in [0.3, 0.4) is 0 Å². The molecule has 0 aromatic heterocycles. The minimum absolute atomic E-state index is 0.636. The Balaban J connectivity index is 2.23. The highest BCUT2D eigenvalue weighted by molar-refractivity contribution is 5.27. The lowest BCUT2D eigenvalue weighted by Crippen LogP contribution is -2.11. The number of benzene rings is 1. The zero-order valence-corrected chi connectivity index (χ0v) is 10.2. The fourth-order valence-electron chi connectivity index (χ4n) is 1.34. The van der Waals surface area contributed by atoms with Gasteiger partial charge < -0.3 is 10.1 Å². The van der Waals surface area contributed by atoms with E-state index in [1.165, 1.54) is 5.56 Å². The van der Waals surface area contributed by atoms with Crippen LogP contribution in [-0.2, 0) is 6.42 Å². The van der Waals surface area contributed by atoms with E-state index in [1.54, 1.807) is 0 Å². The second kappa shape index (κ2) is 7.94. The second-order valence-corrected chi connectivity index (χ2v) is 3.59. The van der Waals surface area contributed by atoms with Crippen LogP contribution in [0.2, 0.25) is 0 Å². The molecular weight excluding hydrogens is 198 g/mol. The summed E-state index contributed by atoms with van der Waals surface area (Å²) in [7, 11) is 0. The van der Waals surface area contributed by atoms with Gasteiger partial charge in [-0.1, -0.05) is 38.1 Å². The molecule has 0 spiro atoms. The van der Waals surface area contributed by atoms with Crippen LogP contribution >= 0.6 is 0 Å². The first-order chi connectivity index (χ1) is 7.86. The molecule has 2 heteroatoms. The first-order valence-electron chi connectivity index (χ1n) is 5.94. The predicted molar refractivity (Wildman–Crippen MR) is 69.0 cm³/mol. The molecule has 0 aliphatic heterocycles. The molecule has 1 aromatic rings. The van der Waals surface area contributed by atoms with E-state index in [4.69, 9.17) is 4.74 Å². The van der Waals surface area contributed by atoms with E-state index in [-0.39, 0.29) is 0 Å². The topological polar surface area (TPSA) is 21.3 Å². The zero-order chi connectivity index (χ0) is 11.6. The van der Waals surface area contributed by atoms with Crippen molar-refractivity contribution in [2.45, 2.75) is 20.3 Å². The van der Waals surface area contributed by atoms with Gasteiger partial charge in [0.2, 0.25) is 0 Å². The molecule has 1 N–H and O–H groups in total. The van der Waals surface area contributed by atoms with E-state index in [1.807, 2.05) is 18.2 Å².